The van der Waals surface area contributed by atoms with Crippen molar-refractivity contribution in [1.82, 2.24) is 10.2 Å². The largest absolute Gasteiger partial charge is 0.497 e. The van der Waals surface area contributed by atoms with E-state index in [4.69, 9.17) is 14.5 Å². The predicted octanol–water partition coefficient (Wildman–Crippen LogP) is 2.13. The fourth-order valence-electron chi connectivity index (χ4n) is 4.24. The molecule has 0 bridgehead atoms. The number of carbonyl (C=O) groups excluding carboxylic acids is 2. The first-order valence-electron chi connectivity index (χ1n) is 11.3. The summed E-state index contributed by atoms with van der Waals surface area (Å²) in [5, 5.41) is 13.8. The van der Waals surface area contributed by atoms with Crippen LogP contribution in [-0.2, 0) is 14.3 Å². The lowest BCUT2D eigenvalue weighted by molar-refractivity contribution is -0.384. The van der Waals surface area contributed by atoms with Crippen molar-refractivity contribution in [3.05, 3.63) is 64.2 Å². The van der Waals surface area contributed by atoms with E-state index in [1.807, 2.05) is 29.2 Å². The smallest absolute Gasteiger partial charge is 0.321 e. The van der Waals surface area contributed by atoms with Gasteiger partial charge in [-0.1, -0.05) is 18.2 Å². The van der Waals surface area contributed by atoms with Crippen LogP contribution in [0.1, 0.15) is 18.5 Å². The summed E-state index contributed by atoms with van der Waals surface area (Å²) in [6, 6.07) is 12.7. The highest BCUT2D eigenvalue weighted by Crippen LogP contribution is 2.32. The number of methoxy groups -OCH3 is 1. The molecule has 2 heterocycles. The van der Waals surface area contributed by atoms with Gasteiger partial charge in [0.05, 0.1) is 18.6 Å². The molecule has 0 spiro atoms. The van der Waals surface area contributed by atoms with Crippen LogP contribution >= 0.6 is 0 Å². The SMILES string of the molecule is CCOC(=O)[C@H]1C(=O)NC(N2CCN(c3cccc(OC)c3)CC2)=N[C@@H]1c1ccc([N+](=O)[O-])cc1. The second kappa shape index (κ2) is 10.4. The van der Waals surface area contributed by atoms with Gasteiger partial charge in [-0.3, -0.25) is 25.0 Å². The van der Waals surface area contributed by atoms with Crippen LogP contribution in [0.4, 0.5) is 11.4 Å². The predicted molar refractivity (Wildman–Crippen MR) is 128 cm³/mol. The number of carbonyl (C=O) groups is 2. The summed E-state index contributed by atoms with van der Waals surface area (Å²) < 4.78 is 10.4. The van der Waals surface area contributed by atoms with Crippen LogP contribution in [0.2, 0.25) is 0 Å². The van der Waals surface area contributed by atoms with Crippen LogP contribution < -0.4 is 15.0 Å². The lowest BCUT2D eigenvalue weighted by atomic mass is 9.91. The molecule has 1 N–H and O–H groups in total. The van der Waals surface area contributed by atoms with Crippen LogP contribution in [-0.4, -0.2) is 67.6 Å². The second-order valence-corrected chi connectivity index (χ2v) is 8.14. The van der Waals surface area contributed by atoms with Crippen LogP contribution in [0.25, 0.3) is 0 Å². The molecule has 184 valence electrons. The minimum absolute atomic E-state index is 0.0837. The monoisotopic (exact) mass is 481 g/mol. The van der Waals surface area contributed by atoms with Crippen molar-refractivity contribution in [2.45, 2.75) is 13.0 Å². The Bertz CT molecular complexity index is 1130. The summed E-state index contributed by atoms with van der Waals surface area (Å²) >= 11 is 0. The maximum absolute atomic E-state index is 13.0. The Kier molecular flexibility index (Phi) is 7.14. The topological polar surface area (TPSA) is 127 Å². The van der Waals surface area contributed by atoms with E-state index in [0.717, 1.165) is 11.4 Å². The molecule has 0 aliphatic carbocycles. The molecule has 1 saturated heterocycles. The zero-order valence-electron chi connectivity index (χ0n) is 19.5. The zero-order chi connectivity index (χ0) is 24.9. The maximum Gasteiger partial charge on any atom is 0.321 e. The quantitative estimate of drug-likeness (QED) is 0.288. The Hall–Kier alpha value is -4.15. The number of nitro benzene ring substituents is 1. The lowest BCUT2D eigenvalue weighted by Crippen LogP contribution is -2.57. The highest BCUT2D eigenvalue weighted by atomic mass is 16.6. The number of nitrogens with zero attached hydrogens (tertiary/aromatic N) is 4. The summed E-state index contributed by atoms with van der Waals surface area (Å²) in [5.41, 5.74) is 1.49. The first-order chi connectivity index (χ1) is 16.9. The molecule has 2 aromatic carbocycles. The first kappa shape index (κ1) is 24.0. The number of non-ortho nitro benzene ring substituents is 1. The third-order valence-corrected chi connectivity index (χ3v) is 6.08. The standard InChI is InChI=1S/C24H27N5O6/c1-3-35-23(31)20-21(16-7-9-17(10-8-16)29(32)33)25-24(26-22(20)30)28-13-11-27(12-14-28)18-5-4-6-19(15-18)34-2/h4-10,15,20-21H,3,11-14H2,1-2H3,(H,25,26,30)/t20-,21-/m1/s1. The molecular weight excluding hydrogens is 454 g/mol. The molecule has 0 radical (unpaired) electrons. The van der Waals surface area contributed by atoms with Gasteiger partial charge in [0.2, 0.25) is 11.9 Å². The Balaban J connectivity index is 1.56. The fraction of sp³-hybridized carbons (Fsp3) is 0.375. The molecule has 11 heteroatoms. The summed E-state index contributed by atoms with van der Waals surface area (Å²) in [4.78, 5) is 45.1. The number of benzene rings is 2. The van der Waals surface area contributed by atoms with E-state index in [0.29, 0.717) is 37.7 Å². The number of guanidine groups is 1. The fourth-order valence-corrected chi connectivity index (χ4v) is 4.24. The Labute approximate surface area is 202 Å². The van der Waals surface area contributed by atoms with Crippen molar-refractivity contribution in [1.29, 1.82) is 0 Å². The Morgan fingerprint density at radius 3 is 2.46 bits per heavy atom. The van der Waals surface area contributed by atoms with Crippen molar-refractivity contribution < 1.29 is 24.0 Å². The molecule has 2 atom stereocenters. The van der Waals surface area contributed by atoms with E-state index in [1.54, 1.807) is 14.0 Å². The highest BCUT2D eigenvalue weighted by Gasteiger charge is 2.42. The summed E-state index contributed by atoms with van der Waals surface area (Å²) in [6.45, 7) is 4.40. The minimum atomic E-state index is -1.18. The van der Waals surface area contributed by atoms with Gasteiger partial charge in [-0.25, -0.2) is 4.99 Å². The molecule has 0 aromatic heterocycles. The van der Waals surface area contributed by atoms with Crippen LogP contribution in [0.5, 0.6) is 5.75 Å². The van der Waals surface area contributed by atoms with Crippen molar-refractivity contribution in [3.8, 4) is 5.75 Å². The maximum atomic E-state index is 13.0. The Morgan fingerprint density at radius 2 is 1.83 bits per heavy atom. The zero-order valence-corrected chi connectivity index (χ0v) is 19.5. The number of ether oxygens (including phenoxy) is 2. The van der Waals surface area contributed by atoms with Gasteiger partial charge in [0.15, 0.2) is 5.92 Å². The molecular formula is C24H27N5O6. The van der Waals surface area contributed by atoms with Gasteiger partial charge in [-0.2, -0.15) is 0 Å². The van der Waals surface area contributed by atoms with Gasteiger partial charge in [0.25, 0.3) is 5.69 Å². The van der Waals surface area contributed by atoms with E-state index in [2.05, 4.69) is 10.2 Å². The lowest BCUT2D eigenvalue weighted by Gasteiger charge is -2.39. The van der Waals surface area contributed by atoms with Crippen molar-refractivity contribution in [3.63, 3.8) is 0 Å². The number of nitrogens with one attached hydrogen (secondary N) is 1. The van der Waals surface area contributed by atoms with Gasteiger partial charge in [0.1, 0.15) is 11.8 Å². The number of amides is 1. The molecule has 2 aliphatic heterocycles. The number of nitro groups is 1. The minimum Gasteiger partial charge on any atom is -0.497 e. The molecule has 11 nitrogen and oxygen atoms in total. The van der Waals surface area contributed by atoms with Crippen molar-refractivity contribution >= 4 is 29.2 Å². The van der Waals surface area contributed by atoms with E-state index < -0.39 is 28.8 Å². The van der Waals surface area contributed by atoms with E-state index in [9.17, 15) is 19.7 Å². The van der Waals surface area contributed by atoms with Crippen LogP contribution in [0, 0.1) is 16.0 Å². The van der Waals surface area contributed by atoms with Crippen molar-refractivity contribution in [2.24, 2.45) is 10.9 Å². The summed E-state index contributed by atoms with van der Waals surface area (Å²) in [5.74, 6) is -1.21. The number of aliphatic imine (C=N–C) groups is 1. The van der Waals surface area contributed by atoms with Gasteiger partial charge >= 0.3 is 5.97 Å². The number of esters is 1. The second-order valence-electron chi connectivity index (χ2n) is 8.14. The molecule has 35 heavy (non-hydrogen) atoms. The number of anilines is 1. The first-order valence-corrected chi connectivity index (χ1v) is 11.3. The molecule has 0 unspecified atom stereocenters. The average molecular weight is 482 g/mol. The molecule has 2 aliphatic rings. The van der Waals surface area contributed by atoms with E-state index in [-0.39, 0.29) is 12.3 Å². The third kappa shape index (κ3) is 5.18. The molecule has 1 amide bonds. The summed E-state index contributed by atoms with van der Waals surface area (Å²) in [6.07, 6.45) is 0. The number of hydrogen-bond acceptors (Lipinski definition) is 9. The average Bonchev–Trinajstić information content (AvgIpc) is 2.88. The van der Waals surface area contributed by atoms with Gasteiger partial charge in [0, 0.05) is 50.1 Å². The van der Waals surface area contributed by atoms with Crippen molar-refractivity contribution in [2.75, 3.05) is 44.8 Å². The number of piperazine rings is 1. The van der Waals surface area contributed by atoms with Gasteiger partial charge < -0.3 is 19.3 Å². The molecule has 1 fully saturated rings. The number of rotatable bonds is 6. The van der Waals surface area contributed by atoms with Gasteiger partial charge in [-0.05, 0) is 24.6 Å². The Morgan fingerprint density at radius 1 is 1.14 bits per heavy atom. The third-order valence-electron chi connectivity index (χ3n) is 6.08. The highest BCUT2D eigenvalue weighted by molar-refractivity contribution is 6.08. The van der Waals surface area contributed by atoms with Crippen LogP contribution in [0.3, 0.4) is 0 Å². The molecule has 0 saturated carbocycles. The van der Waals surface area contributed by atoms with E-state index in [1.165, 1.54) is 24.3 Å². The van der Waals surface area contributed by atoms with Gasteiger partial charge in [-0.15, -0.1) is 0 Å². The molecule has 4 rings (SSSR count). The van der Waals surface area contributed by atoms with Crippen LogP contribution in [0.15, 0.2) is 53.5 Å². The molecule has 2 aromatic rings. The number of hydrogen-bond donors (Lipinski definition) is 1. The normalized spacial score (nSPS) is 20.1. The summed E-state index contributed by atoms with van der Waals surface area (Å²) in [7, 11) is 1.63. The van der Waals surface area contributed by atoms with E-state index >= 15 is 0 Å².